The van der Waals surface area contributed by atoms with Crippen LogP contribution in [0.4, 0.5) is 4.79 Å². The Morgan fingerprint density at radius 2 is 2.08 bits per heavy atom. The first-order valence-electron chi connectivity index (χ1n) is 11.2. The number of tetrazole rings is 1. The maximum absolute atomic E-state index is 13.3. The number of carbonyl (C=O) groups excluding carboxylic acids is 3. The molecule has 0 spiro atoms. The third kappa shape index (κ3) is 5.43. The first kappa shape index (κ1) is 26.9. The number of hydrogen-bond donors (Lipinski definition) is 3. The fourth-order valence-electron chi connectivity index (χ4n) is 3.88. The van der Waals surface area contributed by atoms with Gasteiger partial charge in [-0.05, 0) is 21.6 Å². The summed E-state index contributed by atoms with van der Waals surface area (Å²) in [5, 5.41) is 35.1. The summed E-state index contributed by atoms with van der Waals surface area (Å²) in [5.74, 6) is -1.83. The molecule has 0 saturated carbocycles. The normalized spacial score (nSPS) is 19.1. The van der Waals surface area contributed by atoms with Crippen molar-refractivity contribution >= 4 is 47.3 Å². The predicted octanol–water partition coefficient (Wildman–Crippen LogP) is -0.0529. The van der Waals surface area contributed by atoms with E-state index < -0.39 is 41.3 Å². The zero-order valence-electron chi connectivity index (χ0n) is 20.3. The fraction of sp³-hybridized carbons (Fsp3) is 0.364. The van der Waals surface area contributed by atoms with Crippen molar-refractivity contribution in [2.45, 2.75) is 22.6 Å². The third-order valence-corrected chi connectivity index (χ3v) is 8.26. The van der Waals surface area contributed by atoms with E-state index in [0.717, 1.165) is 4.90 Å². The molecule has 4 amide bonds. The van der Waals surface area contributed by atoms with Gasteiger partial charge in [0.2, 0.25) is 11.1 Å². The molecule has 3 atom stereocenters. The van der Waals surface area contributed by atoms with Crippen LogP contribution in [0, 0.1) is 11.3 Å². The van der Waals surface area contributed by atoms with Gasteiger partial charge in [0.05, 0.1) is 6.07 Å². The number of carbonyl (C=O) groups is 4. The van der Waals surface area contributed by atoms with Crippen LogP contribution in [0.25, 0.3) is 0 Å². The fourth-order valence-corrected chi connectivity index (χ4v) is 6.22. The minimum absolute atomic E-state index is 0.113. The summed E-state index contributed by atoms with van der Waals surface area (Å²) in [6.07, 6.45) is 0. The van der Waals surface area contributed by atoms with Crippen LogP contribution in [-0.2, 0) is 21.4 Å². The van der Waals surface area contributed by atoms with Crippen molar-refractivity contribution in [3.63, 3.8) is 0 Å². The van der Waals surface area contributed by atoms with E-state index in [4.69, 9.17) is 5.26 Å². The standard InChI is InChI=1S/C22H23N9O5S2/c1-29(9-8-23)21(36)25-14(12-6-4-3-5-7-12)17(32)24-15-18(33)31-16(20(34)35)13(10-37-19(15)31)11-38-22-26-27-28-30(22)2/h3-7,14-15,19H,9-11H2,1-2H3,(H,24,32)(H,25,36)(H,34,35)/t14?,15-,19?/m0/s1. The van der Waals surface area contributed by atoms with Crippen LogP contribution < -0.4 is 10.6 Å². The molecular formula is C22H23N9O5S2. The molecule has 1 saturated heterocycles. The van der Waals surface area contributed by atoms with Crippen LogP contribution in [0.1, 0.15) is 11.6 Å². The Hall–Kier alpha value is -4.10. The minimum Gasteiger partial charge on any atom is -0.477 e. The summed E-state index contributed by atoms with van der Waals surface area (Å²) < 4.78 is 1.46. The van der Waals surface area contributed by atoms with Crippen molar-refractivity contribution in [2.24, 2.45) is 7.05 Å². The number of β-lactam (4-membered cyclic amide) rings is 1. The summed E-state index contributed by atoms with van der Waals surface area (Å²) >= 11 is 2.59. The second-order valence-corrected chi connectivity index (χ2v) is 10.4. The lowest BCUT2D eigenvalue weighted by Gasteiger charge is -2.49. The molecule has 0 radical (unpaired) electrons. The molecule has 3 N–H and O–H groups in total. The molecule has 2 aliphatic rings. The van der Waals surface area contributed by atoms with E-state index >= 15 is 0 Å². The Morgan fingerprint density at radius 1 is 1.34 bits per heavy atom. The molecule has 16 heteroatoms. The van der Waals surface area contributed by atoms with Crippen LogP contribution in [0.5, 0.6) is 0 Å². The van der Waals surface area contributed by atoms with Gasteiger partial charge < -0.3 is 20.6 Å². The topological polar surface area (TPSA) is 186 Å². The van der Waals surface area contributed by atoms with Crippen molar-refractivity contribution in [3.8, 4) is 6.07 Å². The van der Waals surface area contributed by atoms with E-state index in [-0.39, 0.29) is 18.0 Å². The third-order valence-electron chi connectivity index (χ3n) is 5.82. The van der Waals surface area contributed by atoms with E-state index in [9.17, 15) is 24.3 Å². The molecule has 14 nitrogen and oxygen atoms in total. The summed E-state index contributed by atoms with van der Waals surface area (Å²) in [6.45, 7) is -0.179. The van der Waals surface area contributed by atoms with Crippen LogP contribution in [0.2, 0.25) is 0 Å². The summed E-state index contributed by atoms with van der Waals surface area (Å²) in [5.41, 5.74) is 0.907. The minimum atomic E-state index is -1.24. The van der Waals surface area contributed by atoms with Crippen LogP contribution in [0.15, 0.2) is 46.8 Å². The highest BCUT2D eigenvalue weighted by atomic mass is 32.2. The van der Waals surface area contributed by atoms with Crippen LogP contribution in [-0.4, -0.2) is 95.4 Å². The number of carboxylic acid groups (broad SMARTS) is 1. The summed E-state index contributed by atoms with van der Waals surface area (Å²) in [7, 11) is 3.08. The molecule has 1 aromatic heterocycles. The Labute approximate surface area is 225 Å². The van der Waals surface area contributed by atoms with Gasteiger partial charge >= 0.3 is 12.0 Å². The maximum Gasteiger partial charge on any atom is 0.352 e. The number of amides is 4. The van der Waals surface area contributed by atoms with Crippen molar-refractivity contribution in [3.05, 3.63) is 47.2 Å². The van der Waals surface area contributed by atoms with Gasteiger partial charge in [-0.2, -0.15) is 5.26 Å². The van der Waals surface area contributed by atoms with E-state index in [1.165, 1.54) is 40.2 Å². The zero-order chi connectivity index (χ0) is 27.4. The van der Waals surface area contributed by atoms with Gasteiger partial charge in [-0.25, -0.2) is 14.3 Å². The number of carboxylic acids is 1. The van der Waals surface area contributed by atoms with E-state index in [1.54, 1.807) is 37.4 Å². The maximum atomic E-state index is 13.3. The molecule has 198 valence electrons. The highest BCUT2D eigenvalue weighted by Crippen LogP contribution is 2.41. The van der Waals surface area contributed by atoms with Gasteiger partial charge in [-0.1, -0.05) is 42.1 Å². The largest absolute Gasteiger partial charge is 0.477 e. The smallest absolute Gasteiger partial charge is 0.352 e. The number of nitrogens with zero attached hydrogens (tertiary/aromatic N) is 7. The molecule has 1 aromatic carbocycles. The number of fused-ring (bicyclic) bond motifs is 1. The van der Waals surface area contributed by atoms with Crippen molar-refractivity contribution in [1.29, 1.82) is 5.26 Å². The highest BCUT2D eigenvalue weighted by molar-refractivity contribution is 8.01. The lowest BCUT2D eigenvalue weighted by Crippen LogP contribution is -2.71. The number of rotatable bonds is 9. The first-order chi connectivity index (χ1) is 18.2. The van der Waals surface area contributed by atoms with Gasteiger partial charge in [0, 0.05) is 25.6 Å². The zero-order valence-corrected chi connectivity index (χ0v) is 21.9. The molecule has 1 fully saturated rings. The number of aromatic nitrogens is 4. The first-order valence-corrected chi connectivity index (χ1v) is 13.3. The number of aryl methyl sites for hydroxylation is 1. The Bertz CT molecular complexity index is 1330. The second-order valence-electron chi connectivity index (χ2n) is 8.33. The number of nitriles is 1. The molecule has 2 unspecified atom stereocenters. The average Bonchev–Trinajstić information content (AvgIpc) is 3.33. The summed E-state index contributed by atoms with van der Waals surface area (Å²) in [6, 6.07) is 7.58. The monoisotopic (exact) mass is 557 g/mol. The number of nitrogens with one attached hydrogen (secondary N) is 2. The lowest BCUT2D eigenvalue weighted by atomic mass is 10.0. The molecule has 2 aromatic rings. The lowest BCUT2D eigenvalue weighted by molar-refractivity contribution is -0.151. The van der Waals surface area contributed by atoms with Crippen molar-refractivity contribution in [2.75, 3.05) is 25.1 Å². The van der Waals surface area contributed by atoms with Gasteiger partial charge in [-0.3, -0.25) is 14.5 Å². The quantitative estimate of drug-likeness (QED) is 0.213. The number of benzene rings is 1. The van der Waals surface area contributed by atoms with Crippen LogP contribution in [0.3, 0.4) is 0 Å². The molecule has 2 aliphatic heterocycles. The summed E-state index contributed by atoms with van der Waals surface area (Å²) in [4.78, 5) is 53.3. The Morgan fingerprint density at radius 3 is 2.71 bits per heavy atom. The molecule has 4 rings (SSSR count). The molecular weight excluding hydrogens is 534 g/mol. The van der Waals surface area contributed by atoms with Gasteiger partial charge in [0.1, 0.15) is 29.7 Å². The molecule has 3 heterocycles. The second kappa shape index (κ2) is 11.5. The average molecular weight is 558 g/mol. The van der Waals surface area contributed by atoms with Gasteiger partial charge in [0.25, 0.3) is 5.91 Å². The molecule has 38 heavy (non-hydrogen) atoms. The Balaban J connectivity index is 1.49. The van der Waals surface area contributed by atoms with E-state index in [0.29, 0.717) is 22.0 Å². The highest BCUT2D eigenvalue weighted by Gasteiger charge is 2.54. The molecule has 0 bridgehead atoms. The molecule has 0 aliphatic carbocycles. The predicted molar refractivity (Wildman–Crippen MR) is 135 cm³/mol. The number of urea groups is 1. The number of hydrogen-bond acceptors (Lipinski definition) is 10. The Kier molecular flexibility index (Phi) is 8.17. The SMILES string of the molecule is CN(CC#N)C(=O)NC(C(=O)N[C@H]1C(=O)N2C(C(=O)O)=C(CSc3nnnn3C)CSC12)c1ccccc1. The van der Waals surface area contributed by atoms with E-state index in [2.05, 4.69) is 26.2 Å². The van der Waals surface area contributed by atoms with Crippen molar-refractivity contribution in [1.82, 2.24) is 40.6 Å². The van der Waals surface area contributed by atoms with E-state index in [1.807, 2.05) is 6.07 Å². The number of thioether (sulfide) groups is 2. The van der Waals surface area contributed by atoms with Gasteiger partial charge in [0.15, 0.2) is 0 Å². The van der Waals surface area contributed by atoms with Crippen LogP contribution >= 0.6 is 23.5 Å². The number of aliphatic carboxylic acids is 1. The van der Waals surface area contributed by atoms with Crippen molar-refractivity contribution < 1.29 is 24.3 Å². The van der Waals surface area contributed by atoms with Gasteiger partial charge in [-0.15, -0.1) is 16.9 Å².